The number of nitrogens with zero attached hydrogens (tertiary/aromatic N) is 2. The number of hydrogen-bond donors (Lipinski definition) is 2. The molecule has 0 spiro atoms. The van der Waals surface area contributed by atoms with Gasteiger partial charge in [0.15, 0.2) is 0 Å². The van der Waals surface area contributed by atoms with Crippen molar-refractivity contribution in [3.8, 4) is 5.75 Å². The van der Waals surface area contributed by atoms with E-state index in [9.17, 15) is 0 Å². The summed E-state index contributed by atoms with van der Waals surface area (Å²) in [5.74, 6) is 6.54. The molecule has 1 aromatic carbocycles. The summed E-state index contributed by atoms with van der Waals surface area (Å²) in [6.07, 6.45) is 3.46. The zero-order chi connectivity index (χ0) is 14.7. The fourth-order valence-electron chi connectivity index (χ4n) is 2.20. The molecule has 1 heterocycles. The predicted molar refractivity (Wildman–Crippen MR) is 78.4 cm³/mol. The predicted octanol–water partition coefficient (Wildman–Crippen LogP) is 1.96. The molecule has 5 nitrogen and oxygen atoms in total. The van der Waals surface area contributed by atoms with Crippen LogP contribution in [-0.2, 0) is 0 Å². The first-order valence-electron chi connectivity index (χ1n) is 6.47. The molecule has 2 aromatic rings. The molecule has 0 aliphatic heterocycles. The van der Waals surface area contributed by atoms with Crippen molar-refractivity contribution in [3.05, 3.63) is 52.6 Å². The maximum Gasteiger partial charge on any atom is 0.127 e. The van der Waals surface area contributed by atoms with Gasteiger partial charge in [0.1, 0.15) is 5.75 Å². The second kappa shape index (κ2) is 5.98. The summed E-state index contributed by atoms with van der Waals surface area (Å²) in [4.78, 5) is 8.66. The lowest BCUT2D eigenvalue weighted by atomic mass is 9.97. The van der Waals surface area contributed by atoms with Crippen LogP contribution in [0.2, 0.25) is 0 Å². The number of rotatable bonds is 4. The largest absolute Gasteiger partial charge is 0.496 e. The first-order valence-corrected chi connectivity index (χ1v) is 6.47. The van der Waals surface area contributed by atoms with Crippen LogP contribution >= 0.6 is 0 Å². The van der Waals surface area contributed by atoms with Gasteiger partial charge in [-0.1, -0.05) is 12.1 Å². The normalized spacial score (nSPS) is 12.2. The summed E-state index contributed by atoms with van der Waals surface area (Å²) >= 11 is 0. The van der Waals surface area contributed by atoms with Crippen molar-refractivity contribution in [2.75, 3.05) is 7.11 Å². The van der Waals surface area contributed by atoms with Crippen LogP contribution in [0.5, 0.6) is 5.75 Å². The van der Waals surface area contributed by atoms with Crippen LogP contribution in [0.15, 0.2) is 24.5 Å². The van der Waals surface area contributed by atoms with Gasteiger partial charge in [0.25, 0.3) is 0 Å². The standard InChI is InChI=1S/C15H20N4O/c1-9-5-6-12(15(20-4)11(9)3)14(19-16)13-8-17-10(2)7-18-13/h5-8,14,19H,16H2,1-4H3. The second-order valence-corrected chi connectivity index (χ2v) is 4.81. The number of hydrogen-bond acceptors (Lipinski definition) is 5. The molecule has 0 aliphatic carbocycles. The molecule has 0 saturated carbocycles. The Morgan fingerprint density at radius 1 is 1.15 bits per heavy atom. The number of ether oxygens (including phenoxy) is 1. The summed E-state index contributed by atoms with van der Waals surface area (Å²) < 4.78 is 5.54. The van der Waals surface area contributed by atoms with E-state index in [1.165, 1.54) is 5.56 Å². The van der Waals surface area contributed by atoms with Gasteiger partial charge in [-0.15, -0.1) is 0 Å². The number of nitrogens with one attached hydrogen (secondary N) is 1. The molecule has 106 valence electrons. The van der Waals surface area contributed by atoms with Crippen molar-refractivity contribution < 1.29 is 4.74 Å². The van der Waals surface area contributed by atoms with Crippen LogP contribution in [0.4, 0.5) is 0 Å². The number of methoxy groups -OCH3 is 1. The third-order valence-corrected chi connectivity index (χ3v) is 3.49. The van der Waals surface area contributed by atoms with Gasteiger partial charge >= 0.3 is 0 Å². The van der Waals surface area contributed by atoms with Crippen molar-refractivity contribution in [3.63, 3.8) is 0 Å². The maximum absolute atomic E-state index is 5.71. The SMILES string of the molecule is COc1c(C(NN)c2cnc(C)cn2)ccc(C)c1C. The molecule has 0 fully saturated rings. The van der Waals surface area contributed by atoms with Gasteiger partial charge < -0.3 is 4.74 Å². The van der Waals surface area contributed by atoms with Gasteiger partial charge in [0, 0.05) is 11.8 Å². The lowest BCUT2D eigenvalue weighted by Crippen LogP contribution is -2.30. The summed E-state index contributed by atoms with van der Waals surface area (Å²) in [5.41, 5.74) is 7.66. The molecular formula is C15H20N4O. The Balaban J connectivity index is 2.52. The van der Waals surface area contributed by atoms with Crippen LogP contribution in [0.25, 0.3) is 0 Å². The summed E-state index contributed by atoms with van der Waals surface area (Å²) in [5, 5.41) is 0. The highest BCUT2D eigenvalue weighted by Gasteiger charge is 2.20. The Hall–Kier alpha value is -1.98. The first kappa shape index (κ1) is 14.4. The van der Waals surface area contributed by atoms with E-state index in [2.05, 4.69) is 28.4 Å². The van der Waals surface area contributed by atoms with E-state index < -0.39 is 0 Å². The summed E-state index contributed by atoms with van der Waals surface area (Å²) in [7, 11) is 1.67. The average Bonchev–Trinajstić information content (AvgIpc) is 2.45. The molecule has 1 atom stereocenters. The minimum absolute atomic E-state index is 0.252. The Labute approximate surface area is 119 Å². The second-order valence-electron chi connectivity index (χ2n) is 4.81. The zero-order valence-electron chi connectivity index (χ0n) is 12.3. The van der Waals surface area contributed by atoms with Crippen molar-refractivity contribution in [2.24, 2.45) is 5.84 Å². The number of nitrogens with two attached hydrogens (primary N) is 1. The van der Waals surface area contributed by atoms with E-state index in [0.29, 0.717) is 0 Å². The molecule has 3 N–H and O–H groups in total. The van der Waals surface area contributed by atoms with E-state index in [0.717, 1.165) is 28.3 Å². The molecule has 2 rings (SSSR count). The van der Waals surface area contributed by atoms with Gasteiger partial charge in [-0.2, -0.15) is 0 Å². The number of benzene rings is 1. The van der Waals surface area contributed by atoms with Gasteiger partial charge in [-0.05, 0) is 31.9 Å². The van der Waals surface area contributed by atoms with E-state index >= 15 is 0 Å². The summed E-state index contributed by atoms with van der Waals surface area (Å²) in [6, 6.07) is 3.81. The maximum atomic E-state index is 5.71. The molecule has 1 unspecified atom stereocenters. The third kappa shape index (κ3) is 2.64. The minimum Gasteiger partial charge on any atom is -0.496 e. The zero-order valence-corrected chi connectivity index (χ0v) is 12.3. The van der Waals surface area contributed by atoms with Gasteiger partial charge in [0.2, 0.25) is 0 Å². The molecule has 20 heavy (non-hydrogen) atoms. The smallest absolute Gasteiger partial charge is 0.127 e. The Kier molecular flexibility index (Phi) is 4.32. The lowest BCUT2D eigenvalue weighted by molar-refractivity contribution is 0.400. The van der Waals surface area contributed by atoms with E-state index in [1.807, 2.05) is 19.9 Å². The van der Waals surface area contributed by atoms with Crippen LogP contribution in [0.3, 0.4) is 0 Å². The number of aryl methyl sites for hydroxylation is 2. The molecule has 5 heteroatoms. The molecule has 0 amide bonds. The van der Waals surface area contributed by atoms with Crippen molar-refractivity contribution in [2.45, 2.75) is 26.8 Å². The van der Waals surface area contributed by atoms with E-state index in [4.69, 9.17) is 10.6 Å². The quantitative estimate of drug-likeness (QED) is 0.657. The first-order chi connectivity index (χ1) is 9.58. The van der Waals surface area contributed by atoms with E-state index in [-0.39, 0.29) is 6.04 Å². The van der Waals surface area contributed by atoms with Gasteiger partial charge in [-0.3, -0.25) is 15.8 Å². The third-order valence-electron chi connectivity index (χ3n) is 3.49. The van der Waals surface area contributed by atoms with Gasteiger partial charge in [-0.25, -0.2) is 5.43 Å². The summed E-state index contributed by atoms with van der Waals surface area (Å²) in [6.45, 7) is 5.99. The molecule has 0 saturated heterocycles. The van der Waals surface area contributed by atoms with Crippen LogP contribution in [0, 0.1) is 20.8 Å². The van der Waals surface area contributed by atoms with Crippen molar-refractivity contribution in [1.29, 1.82) is 0 Å². The fourth-order valence-corrected chi connectivity index (χ4v) is 2.20. The number of hydrazine groups is 1. The molecule has 0 aliphatic rings. The molecule has 0 radical (unpaired) electrons. The van der Waals surface area contributed by atoms with E-state index in [1.54, 1.807) is 19.5 Å². The molecular weight excluding hydrogens is 252 g/mol. The average molecular weight is 272 g/mol. The van der Waals surface area contributed by atoms with Crippen LogP contribution in [-0.4, -0.2) is 17.1 Å². The Bertz CT molecular complexity index is 596. The van der Waals surface area contributed by atoms with Crippen LogP contribution < -0.4 is 16.0 Å². The van der Waals surface area contributed by atoms with Crippen molar-refractivity contribution in [1.82, 2.24) is 15.4 Å². The highest BCUT2D eigenvalue weighted by atomic mass is 16.5. The molecule has 1 aromatic heterocycles. The molecule has 0 bridgehead atoms. The number of aromatic nitrogens is 2. The van der Waals surface area contributed by atoms with Crippen molar-refractivity contribution >= 4 is 0 Å². The Morgan fingerprint density at radius 2 is 1.90 bits per heavy atom. The highest BCUT2D eigenvalue weighted by molar-refractivity contribution is 5.48. The minimum atomic E-state index is -0.252. The fraction of sp³-hybridized carbons (Fsp3) is 0.333. The Morgan fingerprint density at radius 3 is 2.45 bits per heavy atom. The van der Waals surface area contributed by atoms with Crippen LogP contribution in [0.1, 0.15) is 34.1 Å². The topological polar surface area (TPSA) is 73.1 Å². The van der Waals surface area contributed by atoms with Gasteiger partial charge in [0.05, 0.1) is 30.7 Å². The lowest BCUT2D eigenvalue weighted by Gasteiger charge is -2.20. The monoisotopic (exact) mass is 272 g/mol. The highest BCUT2D eigenvalue weighted by Crippen LogP contribution is 2.32.